The quantitative estimate of drug-likeness (QED) is 0.682. The molecule has 0 aliphatic carbocycles. The number of hydrogen-bond acceptors (Lipinski definition) is 4. The summed E-state index contributed by atoms with van der Waals surface area (Å²) in [4.78, 5) is 21.1. The van der Waals surface area contributed by atoms with E-state index >= 15 is 0 Å². The van der Waals surface area contributed by atoms with Crippen LogP contribution in [0.15, 0.2) is 40.4 Å². The molecule has 1 N–H and O–H groups in total. The molecule has 108 valence electrons. The minimum absolute atomic E-state index is 0.0378. The predicted octanol–water partition coefficient (Wildman–Crippen LogP) is 3.94. The Morgan fingerprint density at radius 2 is 2.10 bits per heavy atom. The van der Waals surface area contributed by atoms with Gasteiger partial charge in [0.25, 0.3) is 0 Å². The smallest absolute Gasteiger partial charge is 0.337 e. The van der Waals surface area contributed by atoms with Crippen LogP contribution in [0.2, 0.25) is 5.02 Å². The fourth-order valence-electron chi connectivity index (χ4n) is 1.69. The van der Waals surface area contributed by atoms with Crippen molar-refractivity contribution in [2.24, 2.45) is 0 Å². The molecule has 7 heteroatoms. The molecule has 6 nitrogen and oxygen atoms in total. The number of nitrogens with zero attached hydrogens (tertiary/aromatic N) is 1. The Hall–Kier alpha value is -2.60. The van der Waals surface area contributed by atoms with Gasteiger partial charge in [0.05, 0.1) is 21.6 Å². The number of carboxylic acid groups (broad SMARTS) is 1. The van der Waals surface area contributed by atoms with E-state index in [1.165, 1.54) is 25.1 Å². The number of hydrogen-bond donors (Lipinski definition) is 1. The van der Waals surface area contributed by atoms with Crippen molar-refractivity contribution < 1.29 is 19.2 Å². The minimum atomic E-state index is -1.14. The lowest BCUT2D eigenvalue weighted by atomic mass is 10.1. The summed E-state index contributed by atoms with van der Waals surface area (Å²) in [6.45, 7) is 1.35. The van der Waals surface area contributed by atoms with Gasteiger partial charge in [-0.05, 0) is 30.3 Å². The van der Waals surface area contributed by atoms with Crippen molar-refractivity contribution in [2.45, 2.75) is 6.92 Å². The number of furan rings is 1. The predicted molar refractivity (Wildman–Crippen MR) is 76.8 cm³/mol. The van der Waals surface area contributed by atoms with Gasteiger partial charge in [0.2, 0.25) is 5.70 Å². The summed E-state index contributed by atoms with van der Waals surface area (Å²) in [7, 11) is 0. The van der Waals surface area contributed by atoms with Gasteiger partial charge in [-0.3, -0.25) is 10.1 Å². The fourth-order valence-corrected chi connectivity index (χ4v) is 1.88. The Balaban J connectivity index is 2.38. The van der Waals surface area contributed by atoms with Crippen LogP contribution >= 0.6 is 11.6 Å². The van der Waals surface area contributed by atoms with Gasteiger partial charge in [-0.15, -0.1) is 0 Å². The summed E-state index contributed by atoms with van der Waals surface area (Å²) < 4.78 is 5.45. The van der Waals surface area contributed by atoms with Crippen LogP contribution in [-0.2, 0) is 0 Å². The zero-order chi connectivity index (χ0) is 15.6. The van der Waals surface area contributed by atoms with Crippen LogP contribution in [0.1, 0.15) is 23.0 Å². The van der Waals surface area contributed by atoms with Crippen molar-refractivity contribution in [1.82, 2.24) is 0 Å². The molecule has 0 fully saturated rings. The molecule has 0 radical (unpaired) electrons. The van der Waals surface area contributed by atoms with Crippen LogP contribution in [0.3, 0.4) is 0 Å². The molecule has 2 aromatic rings. The van der Waals surface area contributed by atoms with Crippen LogP contribution in [0.25, 0.3) is 17.4 Å². The summed E-state index contributed by atoms with van der Waals surface area (Å²) in [6, 6.07) is 7.63. The Morgan fingerprint density at radius 1 is 1.38 bits per heavy atom. The zero-order valence-corrected chi connectivity index (χ0v) is 11.6. The van der Waals surface area contributed by atoms with Crippen molar-refractivity contribution in [2.75, 3.05) is 0 Å². The molecule has 1 heterocycles. The first-order valence-corrected chi connectivity index (χ1v) is 6.22. The first-order chi connectivity index (χ1) is 9.88. The van der Waals surface area contributed by atoms with E-state index in [9.17, 15) is 14.9 Å². The molecule has 0 bridgehead atoms. The minimum Gasteiger partial charge on any atom is -0.478 e. The summed E-state index contributed by atoms with van der Waals surface area (Å²) in [5, 5.41) is 19.7. The second-order valence-electron chi connectivity index (χ2n) is 4.24. The van der Waals surface area contributed by atoms with Crippen LogP contribution in [0.4, 0.5) is 0 Å². The van der Waals surface area contributed by atoms with Crippen molar-refractivity contribution in [3.05, 3.63) is 62.5 Å². The van der Waals surface area contributed by atoms with Gasteiger partial charge in [0.15, 0.2) is 0 Å². The molecule has 1 aromatic heterocycles. The van der Waals surface area contributed by atoms with E-state index in [1.54, 1.807) is 18.2 Å². The largest absolute Gasteiger partial charge is 0.478 e. The maximum absolute atomic E-state index is 11.0. The fraction of sp³-hybridized carbons (Fsp3) is 0.0714. The third-order valence-corrected chi connectivity index (χ3v) is 3.08. The number of halogens is 1. The van der Waals surface area contributed by atoms with Crippen LogP contribution < -0.4 is 0 Å². The average molecular weight is 308 g/mol. The second kappa shape index (κ2) is 5.80. The van der Waals surface area contributed by atoms with E-state index in [0.717, 1.165) is 0 Å². The first kappa shape index (κ1) is 14.8. The van der Waals surface area contributed by atoms with Crippen molar-refractivity contribution >= 4 is 23.6 Å². The van der Waals surface area contributed by atoms with E-state index in [1.807, 2.05) is 0 Å². The highest BCUT2D eigenvalue weighted by Crippen LogP contribution is 2.27. The summed E-state index contributed by atoms with van der Waals surface area (Å²) in [6.07, 6.45) is 1.29. The third-order valence-electron chi connectivity index (χ3n) is 2.75. The molecule has 21 heavy (non-hydrogen) atoms. The second-order valence-corrected chi connectivity index (χ2v) is 4.65. The van der Waals surface area contributed by atoms with Crippen LogP contribution in [0.5, 0.6) is 0 Å². The van der Waals surface area contributed by atoms with Gasteiger partial charge >= 0.3 is 5.97 Å². The zero-order valence-electron chi connectivity index (χ0n) is 10.9. The molecule has 0 aliphatic heterocycles. The van der Waals surface area contributed by atoms with E-state index in [0.29, 0.717) is 17.1 Å². The molecule has 2 rings (SSSR count). The molecular formula is C14H10ClNO5. The Labute approximate surface area is 124 Å². The van der Waals surface area contributed by atoms with Gasteiger partial charge < -0.3 is 9.52 Å². The highest BCUT2D eigenvalue weighted by atomic mass is 35.5. The SMILES string of the molecule is CC(=Cc1ccc(-c2ccc(Cl)c(C(=O)O)c2)o1)[N+](=O)[O-]. The van der Waals surface area contributed by atoms with Crippen molar-refractivity contribution in [3.8, 4) is 11.3 Å². The molecule has 0 saturated heterocycles. The molecular weight excluding hydrogens is 298 g/mol. The lowest BCUT2D eigenvalue weighted by Gasteiger charge is -2.01. The Kier molecular flexibility index (Phi) is 4.09. The van der Waals surface area contributed by atoms with Crippen LogP contribution in [-0.4, -0.2) is 16.0 Å². The number of aromatic carboxylic acids is 1. The average Bonchev–Trinajstić information content (AvgIpc) is 2.87. The number of carbonyl (C=O) groups is 1. The number of carboxylic acids is 1. The molecule has 0 spiro atoms. The molecule has 0 aliphatic rings. The van der Waals surface area contributed by atoms with E-state index in [2.05, 4.69) is 0 Å². The van der Waals surface area contributed by atoms with Gasteiger partial charge in [-0.25, -0.2) is 4.79 Å². The maximum Gasteiger partial charge on any atom is 0.337 e. The van der Waals surface area contributed by atoms with E-state index in [-0.39, 0.29) is 16.3 Å². The lowest BCUT2D eigenvalue weighted by molar-refractivity contribution is -0.422. The molecule has 0 atom stereocenters. The van der Waals surface area contributed by atoms with Crippen molar-refractivity contribution in [3.63, 3.8) is 0 Å². The standard InChI is InChI=1S/C14H10ClNO5/c1-8(16(19)20)6-10-3-5-13(21-10)9-2-4-12(15)11(7-9)14(17)18/h2-7H,1H3,(H,17,18). The van der Waals surface area contributed by atoms with Gasteiger partial charge in [-0.1, -0.05) is 11.6 Å². The van der Waals surface area contributed by atoms with Gasteiger partial charge in [0.1, 0.15) is 11.5 Å². The Bertz CT molecular complexity index is 748. The third kappa shape index (κ3) is 3.29. The monoisotopic (exact) mass is 307 g/mol. The number of benzene rings is 1. The molecule has 0 unspecified atom stereocenters. The van der Waals surface area contributed by atoms with Gasteiger partial charge in [0, 0.05) is 12.5 Å². The number of allylic oxidation sites excluding steroid dienone is 1. The number of nitro groups is 1. The summed E-state index contributed by atoms with van der Waals surface area (Å²) >= 11 is 5.79. The summed E-state index contributed by atoms with van der Waals surface area (Å²) in [5.74, 6) is -0.430. The van der Waals surface area contributed by atoms with E-state index < -0.39 is 10.9 Å². The molecule has 0 amide bonds. The van der Waals surface area contributed by atoms with Gasteiger partial charge in [-0.2, -0.15) is 0 Å². The molecule has 0 saturated carbocycles. The highest BCUT2D eigenvalue weighted by molar-refractivity contribution is 6.33. The van der Waals surface area contributed by atoms with Crippen LogP contribution in [0, 0.1) is 10.1 Å². The van der Waals surface area contributed by atoms with E-state index in [4.69, 9.17) is 21.1 Å². The first-order valence-electron chi connectivity index (χ1n) is 5.84. The summed E-state index contributed by atoms with van der Waals surface area (Å²) in [5.41, 5.74) is 0.428. The molecule has 1 aromatic carbocycles. The highest BCUT2D eigenvalue weighted by Gasteiger charge is 2.12. The Morgan fingerprint density at radius 3 is 2.71 bits per heavy atom. The number of rotatable bonds is 4. The lowest BCUT2D eigenvalue weighted by Crippen LogP contribution is -1.97. The van der Waals surface area contributed by atoms with Crippen molar-refractivity contribution in [1.29, 1.82) is 0 Å². The topological polar surface area (TPSA) is 93.6 Å². The maximum atomic E-state index is 11.0. The normalized spacial score (nSPS) is 11.4.